The van der Waals surface area contributed by atoms with Gasteiger partial charge in [-0.15, -0.1) is 0 Å². The third-order valence-corrected chi connectivity index (χ3v) is 4.29. The molecule has 0 saturated carbocycles. The van der Waals surface area contributed by atoms with Gasteiger partial charge in [-0.2, -0.15) is 0 Å². The first-order chi connectivity index (χ1) is 10.2. The van der Waals surface area contributed by atoms with Crippen LogP contribution in [0.4, 0.5) is 5.69 Å². The first kappa shape index (κ1) is 14.1. The molecule has 3 heteroatoms. The number of hydrogen-bond donors (Lipinski definition) is 1. The molecule has 21 heavy (non-hydrogen) atoms. The smallest absolute Gasteiger partial charge is 0.0480 e. The molecule has 3 nitrogen and oxygen atoms in total. The zero-order valence-electron chi connectivity index (χ0n) is 12.8. The summed E-state index contributed by atoms with van der Waals surface area (Å²) in [6, 6.07) is 17.8. The van der Waals surface area contributed by atoms with Crippen LogP contribution < -0.4 is 10.6 Å². The Morgan fingerprint density at radius 2 is 1.81 bits per heavy atom. The lowest BCUT2D eigenvalue weighted by Gasteiger charge is -2.24. The van der Waals surface area contributed by atoms with E-state index in [9.17, 15) is 0 Å². The van der Waals surface area contributed by atoms with Gasteiger partial charge in [0, 0.05) is 45.5 Å². The van der Waals surface area contributed by atoms with Gasteiger partial charge in [0.05, 0.1) is 0 Å². The summed E-state index contributed by atoms with van der Waals surface area (Å²) in [6.45, 7) is 2.62. The molecule has 1 unspecified atom stereocenters. The van der Waals surface area contributed by atoms with E-state index in [4.69, 9.17) is 5.73 Å². The van der Waals surface area contributed by atoms with Gasteiger partial charge in [0.15, 0.2) is 0 Å². The quantitative estimate of drug-likeness (QED) is 0.935. The maximum Gasteiger partial charge on any atom is 0.0480 e. The van der Waals surface area contributed by atoms with Gasteiger partial charge < -0.3 is 10.6 Å². The maximum absolute atomic E-state index is 6.01. The molecule has 1 heterocycles. The van der Waals surface area contributed by atoms with Crippen LogP contribution in [0.25, 0.3) is 0 Å². The van der Waals surface area contributed by atoms with Crippen LogP contribution in [-0.4, -0.2) is 25.5 Å². The Morgan fingerprint density at radius 1 is 1.10 bits per heavy atom. The van der Waals surface area contributed by atoms with E-state index in [1.54, 1.807) is 0 Å². The van der Waals surface area contributed by atoms with E-state index < -0.39 is 0 Å². The van der Waals surface area contributed by atoms with Crippen molar-refractivity contribution in [1.29, 1.82) is 0 Å². The van der Waals surface area contributed by atoms with Gasteiger partial charge >= 0.3 is 0 Å². The molecule has 0 aromatic heterocycles. The van der Waals surface area contributed by atoms with Gasteiger partial charge in [-0.3, -0.25) is 4.90 Å². The molecule has 110 valence electrons. The van der Waals surface area contributed by atoms with Crippen molar-refractivity contribution in [2.75, 3.05) is 25.5 Å². The van der Waals surface area contributed by atoms with Crippen molar-refractivity contribution in [3.8, 4) is 0 Å². The molecule has 0 aliphatic carbocycles. The summed E-state index contributed by atoms with van der Waals surface area (Å²) in [7, 11) is 4.13. The van der Waals surface area contributed by atoms with Crippen molar-refractivity contribution in [2.24, 2.45) is 5.73 Å². The van der Waals surface area contributed by atoms with E-state index in [0.717, 1.165) is 13.1 Å². The molecule has 0 spiro atoms. The van der Waals surface area contributed by atoms with Crippen LogP contribution >= 0.6 is 0 Å². The van der Waals surface area contributed by atoms with Gasteiger partial charge in [0.25, 0.3) is 0 Å². The summed E-state index contributed by atoms with van der Waals surface area (Å²) in [4.78, 5) is 4.59. The standard InChI is InChI=1S/C18H23N3/c1-20(2)16-9-7-14(8-10-16)12-21-13-15-5-3-4-6-17(15)18(21)11-19/h3-10,18H,11-13,19H2,1-2H3. The minimum Gasteiger partial charge on any atom is -0.378 e. The Kier molecular flexibility index (Phi) is 3.95. The molecule has 2 aromatic carbocycles. The zero-order chi connectivity index (χ0) is 14.8. The fourth-order valence-electron chi connectivity index (χ4n) is 3.11. The van der Waals surface area contributed by atoms with E-state index in [1.807, 2.05) is 0 Å². The first-order valence-corrected chi connectivity index (χ1v) is 7.47. The first-order valence-electron chi connectivity index (χ1n) is 7.47. The van der Waals surface area contributed by atoms with Gasteiger partial charge in [0.1, 0.15) is 0 Å². The average molecular weight is 281 g/mol. The van der Waals surface area contributed by atoms with Crippen LogP contribution in [0.5, 0.6) is 0 Å². The molecule has 3 rings (SSSR count). The molecule has 0 bridgehead atoms. The van der Waals surface area contributed by atoms with Crippen LogP contribution in [0.15, 0.2) is 48.5 Å². The van der Waals surface area contributed by atoms with E-state index in [1.165, 1.54) is 22.4 Å². The maximum atomic E-state index is 6.01. The second kappa shape index (κ2) is 5.88. The summed E-state index contributed by atoms with van der Waals surface area (Å²) < 4.78 is 0. The minimum atomic E-state index is 0.342. The van der Waals surface area contributed by atoms with Crippen LogP contribution in [0.3, 0.4) is 0 Å². The van der Waals surface area contributed by atoms with Crippen LogP contribution in [0.1, 0.15) is 22.7 Å². The Balaban J connectivity index is 1.76. The van der Waals surface area contributed by atoms with Crippen LogP contribution in [0, 0.1) is 0 Å². The van der Waals surface area contributed by atoms with Crippen molar-refractivity contribution < 1.29 is 0 Å². The van der Waals surface area contributed by atoms with E-state index >= 15 is 0 Å². The number of fused-ring (bicyclic) bond motifs is 1. The highest BCUT2D eigenvalue weighted by Crippen LogP contribution is 2.33. The molecule has 0 amide bonds. The highest BCUT2D eigenvalue weighted by Gasteiger charge is 2.28. The largest absolute Gasteiger partial charge is 0.378 e. The molecule has 2 N–H and O–H groups in total. The SMILES string of the molecule is CN(C)c1ccc(CN2Cc3ccccc3C2CN)cc1. The van der Waals surface area contributed by atoms with Crippen LogP contribution in [-0.2, 0) is 13.1 Å². The molecule has 2 aromatic rings. The second-order valence-corrected chi connectivity index (χ2v) is 5.92. The molecule has 1 atom stereocenters. The molecule has 0 fully saturated rings. The van der Waals surface area contributed by atoms with Crippen molar-refractivity contribution >= 4 is 5.69 Å². The van der Waals surface area contributed by atoms with Crippen molar-refractivity contribution in [2.45, 2.75) is 19.1 Å². The third-order valence-electron chi connectivity index (χ3n) is 4.29. The summed E-state index contributed by atoms with van der Waals surface area (Å²) >= 11 is 0. The predicted octanol–water partition coefficient (Wildman–Crippen LogP) is 2.77. The normalized spacial score (nSPS) is 17.8. The predicted molar refractivity (Wildman–Crippen MR) is 88.3 cm³/mol. The number of hydrogen-bond acceptors (Lipinski definition) is 3. The van der Waals surface area contributed by atoms with Gasteiger partial charge in [0.2, 0.25) is 0 Å². The lowest BCUT2D eigenvalue weighted by molar-refractivity contribution is 0.211. The fourth-order valence-corrected chi connectivity index (χ4v) is 3.11. The second-order valence-electron chi connectivity index (χ2n) is 5.92. The fraction of sp³-hybridized carbons (Fsp3) is 0.333. The summed E-state index contributed by atoms with van der Waals surface area (Å²) in [6.07, 6.45) is 0. The number of anilines is 1. The number of nitrogens with zero attached hydrogens (tertiary/aromatic N) is 2. The monoisotopic (exact) mass is 281 g/mol. The number of rotatable bonds is 4. The Morgan fingerprint density at radius 3 is 2.48 bits per heavy atom. The zero-order valence-corrected chi connectivity index (χ0v) is 12.8. The van der Waals surface area contributed by atoms with Crippen molar-refractivity contribution in [3.63, 3.8) is 0 Å². The molecule has 1 aliphatic rings. The van der Waals surface area contributed by atoms with Crippen molar-refractivity contribution in [3.05, 3.63) is 65.2 Å². The molecular weight excluding hydrogens is 258 g/mol. The molecule has 1 aliphatic heterocycles. The highest BCUT2D eigenvalue weighted by atomic mass is 15.2. The summed E-state index contributed by atoms with van der Waals surface area (Å²) in [5, 5.41) is 0. The number of nitrogens with two attached hydrogens (primary N) is 1. The van der Waals surface area contributed by atoms with Crippen LogP contribution in [0.2, 0.25) is 0 Å². The molecular formula is C18H23N3. The van der Waals surface area contributed by atoms with E-state index in [-0.39, 0.29) is 0 Å². The Labute approximate surface area is 127 Å². The van der Waals surface area contributed by atoms with Gasteiger partial charge in [-0.25, -0.2) is 0 Å². The average Bonchev–Trinajstić information content (AvgIpc) is 2.84. The molecule has 0 saturated heterocycles. The number of benzene rings is 2. The Bertz CT molecular complexity index is 604. The lowest BCUT2D eigenvalue weighted by Crippen LogP contribution is -2.27. The van der Waals surface area contributed by atoms with Gasteiger partial charge in [-0.1, -0.05) is 36.4 Å². The van der Waals surface area contributed by atoms with E-state index in [2.05, 4.69) is 72.4 Å². The molecule has 0 radical (unpaired) electrons. The van der Waals surface area contributed by atoms with Gasteiger partial charge in [-0.05, 0) is 28.8 Å². The minimum absolute atomic E-state index is 0.342. The van der Waals surface area contributed by atoms with Crippen molar-refractivity contribution in [1.82, 2.24) is 4.90 Å². The Hall–Kier alpha value is -1.84. The van der Waals surface area contributed by atoms with E-state index in [0.29, 0.717) is 12.6 Å². The summed E-state index contributed by atoms with van der Waals surface area (Å²) in [5.74, 6) is 0. The highest BCUT2D eigenvalue weighted by molar-refractivity contribution is 5.46. The topological polar surface area (TPSA) is 32.5 Å². The third kappa shape index (κ3) is 2.80. The lowest BCUT2D eigenvalue weighted by atomic mass is 10.1. The summed E-state index contributed by atoms with van der Waals surface area (Å²) in [5.41, 5.74) is 11.4.